The van der Waals surface area contributed by atoms with Crippen LogP contribution < -0.4 is 5.32 Å². The zero-order valence-electron chi connectivity index (χ0n) is 12.3. The van der Waals surface area contributed by atoms with Gasteiger partial charge >= 0.3 is 0 Å². The number of benzene rings is 1. The fraction of sp³-hybridized carbons (Fsp3) is 0.533. The summed E-state index contributed by atoms with van der Waals surface area (Å²) in [4.78, 5) is 14.2. The summed E-state index contributed by atoms with van der Waals surface area (Å²) in [6, 6.07) is 5.42. The van der Waals surface area contributed by atoms with Gasteiger partial charge in [-0.2, -0.15) is 0 Å². The van der Waals surface area contributed by atoms with Gasteiger partial charge in [-0.15, -0.1) is 0 Å². The molecule has 0 saturated carbocycles. The first kappa shape index (κ1) is 17.0. The topological polar surface area (TPSA) is 52.6 Å². The lowest BCUT2D eigenvalue weighted by Crippen LogP contribution is -2.29. The molecule has 0 unspecified atom stereocenters. The van der Waals surface area contributed by atoms with Crippen molar-refractivity contribution in [2.75, 3.05) is 20.1 Å². The average Bonchev–Trinajstić information content (AvgIpc) is 2.37. The van der Waals surface area contributed by atoms with Crippen LogP contribution in [0.3, 0.4) is 0 Å². The highest BCUT2D eigenvalue weighted by molar-refractivity contribution is 9.10. The molecular weight excluding hydrogens is 320 g/mol. The molecule has 0 aliphatic carbocycles. The molecule has 0 radical (unpaired) electrons. The molecule has 0 aromatic heterocycles. The summed E-state index contributed by atoms with van der Waals surface area (Å²) < 4.78 is 0.753. The highest BCUT2D eigenvalue weighted by atomic mass is 79.9. The summed E-state index contributed by atoms with van der Waals surface area (Å²) in [5.41, 5.74) is 0.312. The second-order valence-electron chi connectivity index (χ2n) is 5.20. The largest absolute Gasteiger partial charge is 0.507 e. The van der Waals surface area contributed by atoms with Crippen molar-refractivity contribution in [3.8, 4) is 5.75 Å². The summed E-state index contributed by atoms with van der Waals surface area (Å²) >= 11 is 3.25. The molecule has 0 aliphatic heterocycles. The molecule has 2 N–H and O–H groups in total. The molecule has 5 heteroatoms. The molecule has 0 fully saturated rings. The number of carbonyl (C=O) groups excluding carboxylic acids is 1. The molecule has 4 nitrogen and oxygen atoms in total. The van der Waals surface area contributed by atoms with Gasteiger partial charge < -0.3 is 15.3 Å². The van der Waals surface area contributed by atoms with E-state index in [9.17, 15) is 9.90 Å². The quantitative estimate of drug-likeness (QED) is 0.749. The number of amides is 1. The molecule has 0 saturated heterocycles. The standard InChI is InChI=1S/C15H23BrN2O2/c1-11(2)18(3)9-5-4-8-17-15(20)13-7-6-12(16)10-14(13)19/h6-7,10-11,19H,4-5,8-9H2,1-3H3,(H,17,20). The van der Waals surface area contributed by atoms with Crippen molar-refractivity contribution in [3.05, 3.63) is 28.2 Å². The van der Waals surface area contributed by atoms with E-state index in [2.05, 4.69) is 47.0 Å². The van der Waals surface area contributed by atoms with Crippen LogP contribution in [0.2, 0.25) is 0 Å². The fourth-order valence-corrected chi connectivity index (χ4v) is 2.09. The Balaban J connectivity index is 2.30. The molecule has 0 aliphatic rings. The molecule has 0 atom stereocenters. The van der Waals surface area contributed by atoms with Gasteiger partial charge in [0.15, 0.2) is 0 Å². The maximum absolute atomic E-state index is 11.9. The van der Waals surface area contributed by atoms with Gasteiger partial charge in [0, 0.05) is 17.1 Å². The third-order valence-electron chi connectivity index (χ3n) is 3.31. The molecular formula is C15H23BrN2O2. The molecule has 1 aromatic carbocycles. The zero-order valence-corrected chi connectivity index (χ0v) is 13.9. The minimum Gasteiger partial charge on any atom is -0.507 e. The number of phenolic OH excluding ortho intramolecular Hbond substituents is 1. The number of carbonyl (C=O) groups is 1. The van der Waals surface area contributed by atoms with E-state index in [1.165, 1.54) is 6.07 Å². The van der Waals surface area contributed by atoms with Crippen molar-refractivity contribution in [2.24, 2.45) is 0 Å². The number of phenols is 1. The minimum absolute atomic E-state index is 0.00332. The Labute approximate surface area is 129 Å². The first-order chi connectivity index (χ1) is 9.41. The predicted molar refractivity (Wildman–Crippen MR) is 85.1 cm³/mol. The van der Waals surface area contributed by atoms with E-state index in [0.29, 0.717) is 18.2 Å². The SMILES string of the molecule is CC(C)N(C)CCCCNC(=O)c1ccc(Br)cc1O. The van der Waals surface area contributed by atoms with E-state index >= 15 is 0 Å². The van der Waals surface area contributed by atoms with E-state index < -0.39 is 0 Å². The summed E-state index contributed by atoms with van der Waals surface area (Å²) in [5, 5.41) is 12.5. The van der Waals surface area contributed by atoms with E-state index in [4.69, 9.17) is 0 Å². The van der Waals surface area contributed by atoms with Crippen LogP contribution in [0.5, 0.6) is 5.75 Å². The van der Waals surface area contributed by atoms with Crippen LogP contribution in [0.25, 0.3) is 0 Å². The van der Waals surface area contributed by atoms with Gasteiger partial charge in [0.25, 0.3) is 5.91 Å². The summed E-state index contributed by atoms with van der Waals surface area (Å²) in [6.07, 6.45) is 1.97. The van der Waals surface area contributed by atoms with Crippen LogP contribution >= 0.6 is 15.9 Å². The summed E-state index contributed by atoms with van der Waals surface area (Å²) in [5.74, 6) is -0.233. The van der Waals surface area contributed by atoms with Crippen molar-refractivity contribution in [1.29, 1.82) is 0 Å². The first-order valence-electron chi connectivity index (χ1n) is 6.88. The van der Waals surface area contributed by atoms with Crippen molar-refractivity contribution in [2.45, 2.75) is 32.7 Å². The summed E-state index contributed by atoms with van der Waals surface area (Å²) in [6.45, 7) is 5.98. The van der Waals surface area contributed by atoms with Crippen molar-refractivity contribution < 1.29 is 9.90 Å². The lowest BCUT2D eigenvalue weighted by atomic mass is 10.2. The molecule has 20 heavy (non-hydrogen) atoms. The normalized spacial score (nSPS) is 11.1. The van der Waals surface area contributed by atoms with Crippen LogP contribution in [0, 0.1) is 0 Å². The highest BCUT2D eigenvalue weighted by Crippen LogP contribution is 2.21. The van der Waals surface area contributed by atoms with Gasteiger partial charge in [0.05, 0.1) is 5.56 Å². The number of hydrogen-bond acceptors (Lipinski definition) is 3. The number of aromatic hydroxyl groups is 1. The van der Waals surface area contributed by atoms with Crippen LogP contribution in [0.1, 0.15) is 37.0 Å². The van der Waals surface area contributed by atoms with E-state index in [1.54, 1.807) is 12.1 Å². The molecule has 0 heterocycles. The first-order valence-corrected chi connectivity index (χ1v) is 7.68. The Morgan fingerprint density at radius 2 is 2.10 bits per heavy atom. The maximum atomic E-state index is 11.9. The highest BCUT2D eigenvalue weighted by Gasteiger charge is 2.10. The lowest BCUT2D eigenvalue weighted by molar-refractivity contribution is 0.0950. The fourth-order valence-electron chi connectivity index (χ4n) is 1.74. The molecule has 1 aromatic rings. The average molecular weight is 343 g/mol. The van der Waals surface area contributed by atoms with Crippen molar-refractivity contribution in [1.82, 2.24) is 10.2 Å². The molecule has 112 valence electrons. The zero-order chi connectivity index (χ0) is 15.1. The van der Waals surface area contributed by atoms with E-state index in [1.807, 2.05) is 0 Å². The number of unbranched alkanes of at least 4 members (excludes halogenated alkanes) is 1. The number of nitrogens with one attached hydrogen (secondary N) is 1. The van der Waals surface area contributed by atoms with E-state index in [-0.39, 0.29) is 11.7 Å². The van der Waals surface area contributed by atoms with Gasteiger partial charge in [-0.25, -0.2) is 0 Å². The molecule has 1 rings (SSSR count). The molecule has 0 bridgehead atoms. The maximum Gasteiger partial charge on any atom is 0.255 e. The monoisotopic (exact) mass is 342 g/mol. The Morgan fingerprint density at radius 1 is 1.40 bits per heavy atom. The number of rotatable bonds is 7. The van der Waals surface area contributed by atoms with Crippen molar-refractivity contribution in [3.63, 3.8) is 0 Å². The smallest absolute Gasteiger partial charge is 0.255 e. The van der Waals surface area contributed by atoms with Crippen LogP contribution in [0.4, 0.5) is 0 Å². The third-order valence-corrected chi connectivity index (χ3v) is 3.80. The van der Waals surface area contributed by atoms with Crippen LogP contribution in [-0.4, -0.2) is 42.1 Å². The predicted octanol–water partition coefficient (Wildman–Crippen LogP) is 3.00. The Hall–Kier alpha value is -1.07. The summed E-state index contributed by atoms with van der Waals surface area (Å²) in [7, 11) is 2.10. The van der Waals surface area contributed by atoms with Crippen LogP contribution in [-0.2, 0) is 0 Å². The van der Waals surface area contributed by atoms with Crippen LogP contribution in [0.15, 0.2) is 22.7 Å². The molecule has 0 spiro atoms. The van der Waals surface area contributed by atoms with Crippen molar-refractivity contribution >= 4 is 21.8 Å². The van der Waals surface area contributed by atoms with Gasteiger partial charge in [-0.1, -0.05) is 15.9 Å². The molecule has 1 amide bonds. The van der Waals surface area contributed by atoms with Gasteiger partial charge in [-0.05, 0) is 58.5 Å². The minimum atomic E-state index is -0.229. The second-order valence-corrected chi connectivity index (χ2v) is 6.11. The Morgan fingerprint density at radius 3 is 2.70 bits per heavy atom. The Bertz CT molecular complexity index is 449. The van der Waals surface area contributed by atoms with Gasteiger partial charge in [-0.3, -0.25) is 4.79 Å². The van der Waals surface area contributed by atoms with Gasteiger partial charge in [0.2, 0.25) is 0 Å². The number of hydrogen-bond donors (Lipinski definition) is 2. The Kier molecular flexibility index (Phi) is 7.02. The van der Waals surface area contributed by atoms with Gasteiger partial charge in [0.1, 0.15) is 5.75 Å². The van der Waals surface area contributed by atoms with E-state index in [0.717, 1.165) is 23.9 Å². The second kappa shape index (κ2) is 8.27. The lowest BCUT2D eigenvalue weighted by Gasteiger charge is -2.20. The number of halogens is 1. The number of nitrogens with zero attached hydrogens (tertiary/aromatic N) is 1. The third kappa shape index (κ3) is 5.51.